The van der Waals surface area contributed by atoms with E-state index in [4.69, 9.17) is 0 Å². The van der Waals surface area contributed by atoms with Crippen LogP contribution in [0.25, 0.3) is 22.2 Å². The molecule has 4 atom stereocenters. The first-order valence-corrected chi connectivity index (χ1v) is 11.3. The Morgan fingerprint density at radius 2 is 2.00 bits per heavy atom. The van der Waals surface area contributed by atoms with Crippen LogP contribution in [0.1, 0.15) is 25.7 Å². The number of aromatic hydroxyl groups is 1. The molecule has 2 saturated heterocycles. The third-order valence-corrected chi connectivity index (χ3v) is 6.86. The van der Waals surface area contributed by atoms with Crippen LogP contribution in [-0.4, -0.2) is 62.1 Å². The molecule has 2 aromatic heterocycles. The maximum absolute atomic E-state index is 15.1. The summed E-state index contributed by atoms with van der Waals surface area (Å²) in [5, 5.41) is 13.7. The maximum atomic E-state index is 15.1. The van der Waals surface area contributed by atoms with Gasteiger partial charge in [0.05, 0.1) is 41.4 Å². The van der Waals surface area contributed by atoms with Crippen LogP contribution < -0.4 is 15.8 Å². The van der Waals surface area contributed by atoms with Crippen LogP contribution >= 0.6 is 0 Å². The number of phenolic OH excluding ortho intramolecular Hbond substituents is 1. The summed E-state index contributed by atoms with van der Waals surface area (Å²) >= 11 is 0. The highest BCUT2D eigenvalue weighted by atomic mass is 19.4. The number of halogens is 4. The molecule has 0 amide bonds. The van der Waals surface area contributed by atoms with Gasteiger partial charge in [-0.1, -0.05) is 6.42 Å². The predicted octanol–water partition coefficient (Wildman–Crippen LogP) is 3.18. The van der Waals surface area contributed by atoms with E-state index in [0.29, 0.717) is 16.8 Å². The molecule has 1 aromatic carbocycles. The summed E-state index contributed by atoms with van der Waals surface area (Å²) in [5.74, 6) is 0.140. The first kappa shape index (κ1) is 23.5. The third kappa shape index (κ3) is 4.54. The van der Waals surface area contributed by atoms with Crippen molar-refractivity contribution >= 4 is 16.7 Å². The lowest BCUT2D eigenvalue weighted by Gasteiger charge is -2.46. The van der Waals surface area contributed by atoms with Gasteiger partial charge >= 0.3 is 6.18 Å². The Bertz CT molecular complexity index is 1300. The average Bonchev–Trinajstić information content (AvgIpc) is 2.82. The van der Waals surface area contributed by atoms with Gasteiger partial charge in [-0.25, -0.2) is 14.4 Å². The van der Waals surface area contributed by atoms with Crippen LogP contribution in [0.3, 0.4) is 0 Å². The number of nitrogens with one attached hydrogen (secondary N) is 1. The Morgan fingerprint density at radius 3 is 2.71 bits per heavy atom. The summed E-state index contributed by atoms with van der Waals surface area (Å²) in [7, 11) is 1.78. The highest BCUT2D eigenvalue weighted by Crippen LogP contribution is 2.34. The fourth-order valence-corrected chi connectivity index (χ4v) is 5.07. The normalized spacial score (nSPS) is 24.5. The second-order valence-corrected chi connectivity index (χ2v) is 9.20. The summed E-state index contributed by atoms with van der Waals surface area (Å²) in [5.41, 5.74) is -0.295. The number of aromatic nitrogens is 4. The molecule has 186 valence electrons. The molecule has 5 rings (SSSR count). The third-order valence-electron chi connectivity index (χ3n) is 6.86. The molecule has 2 bridgehead atoms. The molecule has 2 fully saturated rings. The molecular weight excluding hydrogens is 468 g/mol. The van der Waals surface area contributed by atoms with E-state index in [9.17, 15) is 23.1 Å². The van der Waals surface area contributed by atoms with Gasteiger partial charge in [-0.3, -0.25) is 14.3 Å². The first-order chi connectivity index (χ1) is 16.6. The summed E-state index contributed by atoms with van der Waals surface area (Å²) in [6, 6.07) is 2.25. The van der Waals surface area contributed by atoms with Gasteiger partial charge in [0.25, 0.3) is 5.56 Å². The Hall–Kier alpha value is -3.28. The van der Waals surface area contributed by atoms with E-state index in [2.05, 4.69) is 20.3 Å². The minimum absolute atomic E-state index is 0.116. The van der Waals surface area contributed by atoms with E-state index in [1.54, 1.807) is 11.9 Å². The molecule has 3 aromatic rings. The van der Waals surface area contributed by atoms with Gasteiger partial charge in [0.1, 0.15) is 24.3 Å². The number of benzene rings is 1. The van der Waals surface area contributed by atoms with Crippen molar-refractivity contribution in [3.63, 3.8) is 0 Å². The van der Waals surface area contributed by atoms with Gasteiger partial charge in [-0.05, 0) is 31.4 Å². The number of piperidine rings is 2. The molecule has 0 aliphatic carbocycles. The Balaban J connectivity index is 1.41. The minimum atomic E-state index is -4.58. The van der Waals surface area contributed by atoms with Crippen LogP contribution in [0.4, 0.5) is 23.4 Å². The van der Waals surface area contributed by atoms with E-state index in [0.717, 1.165) is 31.7 Å². The quantitative estimate of drug-likeness (QED) is 0.540. The van der Waals surface area contributed by atoms with E-state index in [1.807, 2.05) is 0 Å². The number of alkyl halides is 4. The molecule has 35 heavy (non-hydrogen) atoms. The van der Waals surface area contributed by atoms with E-state index < -0.39 is 24.5 Å². The molecule has 2 aliphatic rings. The summed E-state index contributed by atoms with van der Waals surface area (Å²) < 4.78 is 53.6. The molecule has 2 aliphatic heterocycles. The van der Waals surface area contributed by atoms with Crippen molar-refractivity contribution in [1.82, 2.24) is 24.8 Å². The largest absolute Gasteiger partial charge is 0.507 e. The Labute approximate surface area is 197 Å². The zero-order valence-corrected chi connectivity index (χ0v) is 18.8. The van der Waals surface area contributed by atoms with Gasteiger partial charge in [0.2, 0.25) is 0 Å². The lowest BCUT2D eigenvalue weighted by molar-refractivity contribution is -0.141. The molecule has 0 spiro atoms. The van der Waals surface area contributed by atoms with E-state index in [1.165, 1.54) is 18.5 Å². The van der Waals surface area contributed by atoms with E-state index >= 15 is 4.39 Å². The van der Waals surface area contributed by atoms with Crippen molar-refractivity contribution in [3.8, 4) is 17.0 Å². The fraction of sp³-hybridized carbons (Fsp3) is 0.478. The monoisotopic (exact) mass is 492 g/mol. The number of hydrogen-bond donors (Lipinski definition) is 2. The Morgan fingerprint density at radius 1 is 1.20 bits per heavy atom. The molecule has 12 heteroatoms. The summed E-state index contributed by atoms with van der Waals surface area (Å²) in [6.45, 7) is -1.48. The van der Waals surface area contributed by atoms with Gasteiger partial charge in [0, 0.05) is 24.7 Å². The molecule has 0 saturated carbocycles. The van der Waals surface area contributed by atoms with Gasteiger partial charge < -0.3 is 15.3 Å². The first-order valence-electron chi connectivity index (χ1n) is 11.3. The number of rotatable bonds is 4. The van der Waals surface area contributed by atoms with Gasteiger partial charge in [-0.2, -0.15) is 13.2 Å². The summed E-state index contributed by atoms with van der Waals surface area (Å²) in [4.78, 5) is 26.9. The molecular formula is C23H24F4N6O2. The lowest BCUT2D eigenvalue weighted by Crippen LogP contribution is -2.61. The Kier molecular flexibility index (Phi) is 5.86. The van der Waals surface area contributed by atoms with Crippen molar-refractivity contribution in [2.24, 2.45) is 0 Å². The number of phenols is 1. The highest BCUT2D eigenvalue weighted by Gasteiger charge is 2.42. The molecule has 0 radical (unpaired) electrons. The topological polar surface area (TPSA) is 96.2 Å². The minimum Gasteiger partial charge on any atom is -0.507 e. The van der Waals surface area contributed by atoms with E-state index in [-0.39, 0.29) is 46.0 Å². The summed E-state index contributed by atoms with van der Waals surface area (Å²) in [6.07, 6.45) is 1.64. The van der Waals surface area contributed by atoms with Gasteiger partial charge in [0.15, 0.2) is 0 Å². The van der Waals surface area contributed by atoms with Crippen molar-refractivity contribution in [2.45, 2.75) is 62.7 Å². The smallest absolute Gasteiger partial charge is 0.406 e. The predicted molar refractivity (Wildman–Crippen MR) is 121 cm³/mol. The van der Waals surface area contributed by atoms with Crippen molar-refractivity contribution in [3.05, 3.63) is 41.2 Å². The number of hydrogen-bond acceptors (Lipinski definition) is 7. The zero-order valence-electron chi connectivity index (χ0n) is 18.8. The standard InChI is InChI=1S/C23H24F4N6O2/c1-32(18-5-12-3-2-4-15(31-12)21(18)24)20-9-28-17(8-29-20)13-6-16-14(7-19(13)34)22(35)33(11-30-16)10-23(25,26)27/h6-9,11-12,15,18,21,31,34H,2-5,10H2,1H3/t12?,15?,18-,21+/m1/s1. The molecule has 2 N–H and O–H groups in total. The maximum Gasteiger partial charge on any atom is 0.406 e. The van der Waals surface area contributed by atoms with Crippen molar-refractivity contribution in [2.75, 3.05) is 11.9 Å². The number of fused-ring (bicyclic) bond motifs is 3. The number of anilines is 1. The molecule has 2 unspecified atom stereocenters. The average molecular weight is 492 g/mol. The molecule has 8 nitrogen and oxygen atoms in total. The van der Waals surface area contributed by atoms with Crippen LogP contribution in [0.5, 0.6) is 5.75 Å². The second-order valence-electron chi connectivity index (χ2n) is 9.20. The van der Waals surface area contributed by atoms with Crippen LogP contribution in [0.15, 0.2) is 35.6 Å². The van der Waals surface area contributed by atoms with Crippen LogP contribution in [0.2, 0.25) is 0 Å². The SMILES string of the molecule is CN(c1cnc(-c2cc3ncn(CC(F)(F)F)c(=O)c3cc2O)cn1)[C@@H]1CC2CCCC(N2)[C@@H]1F. The van der Waals surface area contributed by atoms with Gasteiger partial charge in [-0.15, -0.1) is 0 Å². The van der Waals surface area contributed by atoms with Crippen LogP contribution in [-0.2, 0) is 6.54 Å². The fourth-order valence-electron chi connectivity index (χ4n) is 5.07. The van der Waals surface area contributed by atoms with Crippen molar-refractivity contribution in [1.29, 1.82) is 0 Å². The zero-order chi connectivity index (χ0) is 24.9. The highest BCUT2D eigenvalue weighted by molar-refractivity contribution is 5.86. The second kappa shape index (κ2) is 8.74. The van der Waals surface area contributed by atoms with Crippen LogP contribution in [0, 0.1) is 0 Å². The van der Waals surface area contributed by atoms with Crippen molar-refractivity contribution < 1.29 is 22.7 Å². The lowest BCUT2D eigenvalue weighted by atomic mass is 9.82. The molecule has 4 heterocycles. The number of nitrogens with zero attached hydrogens (tertiary/aromatic N) is 5.